The van der Waals surface area contributed by atoms with Crippen molar-refractivity contribution in [3.63, 3.8) is 0 Å². The smallest absolute Gasteiger partial charge is 0.377 e. The molecule has 0 aromatic rings. The SMILES string of the molecule is CCCCCCCCCCCC[Si](OC)(OC)OC.CCCCCCCC[Si](OC)(OC)OC. The molecule has 0 aromatic carbocycles. The van der Waals surface area contributed by atoms with Gasteiger partial charge >= 0.3 is 17.6 Å². The fourth-order valence-corrected chi connectivity index (χ4v) is 7.65. The molecule has 0 radical (unpaired) electrons. The van der Waals surface area contributed by atoms with E-state index in [0.717, 1.165) is 24.9 Å². The van der Waals surface area contributed by atoms with E-state index in [9.17, 15) is 0 Å². The van der Waals surface area contributed by atoms with Crippen LogP contribution in [0.5, 0.6) is 0 Å². The summed E-state index contributed by atoms with van der Waals surface area (Å²) in [5, 5.41) is 0. The predicted octanol–water partition coefficient (Wildman–Crippen LogP) is 8.01. The van der Waals surface area contributed by atoms with Crippen LogP contribution >= 0.6 is 0 Å². The second-order valence-electron chi connectivity index (χ2n) is 9.04. The molecule has 0 rings (SSSR count). The van der Waals surface area contributed by atoms with Crippen molar-refractivity contribution in [2.75, 3.05) is 42.7 Å². The second-order valence-corrected chi connectivity index (χ2v) is 15.2. The van der Waals surface area contributed by atoms with Crippen LogP contribution in [-0.4, -0.2) is 60.3 Å². The Morgan fingerprint density at radius 3 is 0.735 bits per heavy atom. The van der Waals surface area contributed by atoms with Crippen molar-refractivity contribution in [1.29, 1.82) is 0 Å². The van der Waals surface area contributed by atoms with Crippen molar-refractivity contribution in [3.8, 4) is 0 Å². The molecule has 0 atom stereocenters. The van der Waals surface area contributed by atoms with Crippen molar-refractivity contribution in [2.24, 2.45) is 0 Å². The number of hydrogen-bond acceptors (Lipinski definition) is 6. The average molecular weight is 525 g/mol. The van der Waals surface area contributed by atoms with Gasteiger partial charge in [-0.3, -0.25) is 0 Å². The van der Waals surface area contributed by atoms with Gasteiger partial charge in [-0.2, -0.15) is 0 Å². The molecular formula is C26H60O6Si2. The summed E-state index contributed by atoms with van der Waals surface area (Å²) in [6.07, 6.45) is 21.2. The molecule has 0 aliphatic heterocycles. The lowest BCUT2D eigenvalue weighted by Gasteiger charge is -2.24. The first kappa shape index (κ1) is 36.4. The van der Waals surface area contributed by atoms with Gasteiger partial charge in [0.2, 0.25) is 0 Å². The molecule has 0 N–H and O–H groups in total. The largest absolute Gasteiger partial charge is 0.500 e. The van der Waals surface area contributed by atoms with Gasteiger partial charge in [-0.25, -0.2) is 0 Å². The fourth-order valence-electron chi connectivity index (χ4n) is 4.06. The minimum atomic E-state index is -2.31. The van der Waals surface area contributed by atoms with Crippen LogP contribution in [0.4, 0.5) is 0 Å². The second kappa shape index (κ2) is 26.3. The minimum absolute atomic E-state index is 0.933. The highest BCUT2D eigenvalue weighted by molar-refractivity contribution is 6.60. The third kappa shape index (κ3) is 19.4. The zero-order valence-electron chi connectivity index (χ0n) is 24.2. The van der Waals surface area contributed by atoms with Gasteiger partial charge < -0.3 is 26.6 Å². The van der Waals surface area contributed by atoms with Crippen LogP contribution in [0.1, 0.15) is 117 Å². The van der Waals surface area contributed by atoms with Gasteiger partial charge in [0.1, 0.15) is 0 Å². The molecule has 6 nitrogen and oxygen atoms in total. The number of hydrogen-bond donors (Lipinski definition) is 0. The molecule has 0 unspecified atom stereocenters. The Labute approximate surface area is 215 Å². The molecule has 34 heavy (non-hydrogen) atoms. The highest BCUT2D eigenvalue weighted by Crippen LogP contribution is 2.19. The molecule has 208 valence electrons. The third-order valence-corrected chi connectivity index (χ3v) is 12.2. The van der Waals surface area contributed by atoms with E-state index in [1.807, 2.05) is 0 Å². The summed E-state index contributed by atoms with van der Waals surface area (Å²) in [5.74, 6) is 0. The summed E-state index contributed by atoms with van der Waals surface area (Å²) in [4.78, 5) is 0. The Morgan fingerprint density at radius 2 is 0.529 bits per heavy atom. The van der Waals surface area contributed by atoms with Crippen LogP contribution in [0, 0.1) is 0 Å². The van der Waals surface area contributed by atoms with Gasteiger partial charge in [0.05, 0.1) is 0 Å². The molecule has 8 heteroatoms. The van der Waals surface area contributed by atoms with E-state index < -0.39 is 17.6 Å². The van der Waals surface area contributed by atoms with Crippen LogP contribution in [0.3, 0.4) is 0 Å². The van der Waals surface area contributed by atoms with Gasteiger partial charge in [-0.15, -0.1) is 0 Å². The van der Waals surface area contributed by atoms with Gasteiger partial charge in [0, 0.05) is 54.7 Å². The minimum Gasteiger partial charge on any atom is -0.377 e. The maximum absolute atomic E-state index is 5.41. The number of unbranched alkanes of at least 4 members (excludes halogenated alkanes) is 14. The van der Waals surface area contributed by atoms with E-state index >= 15 is 0 Å². The summed E-state index contributed by atoms with van der Waals surface area (Å²) in [6.45, 7) is 4.50. The van der Waals surface area contributed by atoms with E-state index in [1.165, 1.54) is 89.9 Å². The molecule has 0 aromatic heterocycles. The normalized spacial score (nSPS) is 12.0. The zero-order chi connectivity index (χ0) is 26.0. The summed E-state index contributed by atoms with van der Waals surface area (Å²) in [6, 6.07) is 1.87. The van der Waals surface area contributed by atoms with Crippen molar-refractivity contribution in [3.05, 3.63) is 0 Å². The molecule has 0 saturated carbocycles. The standard InChI is InChI=1S/C15H34O3Si.C11H26O3Si/c1-5-6-7-8-9-10-11-12-13-14-15-19(16-2,17-3)18-4;1-5-6-7-8-9-10-11-15(12-2,13-3)14-4/h5-15H2,1-4H3;5-11H2,1-4H3. The topological polar surface area (TPSA) is 55.4 Å². The highest BCUT2D eigenvalue weighted by Gasteiger charge is 2.37. The molecule has 0 amide bonds. The van der Waals surface area contributed by atoms with Crippen LogP contribution in [-0.2, 0) is 26.6 Å². The van der Waals surface area contributed by atoms with Crippen LogP contribution in [0.25, 0.3) is 0 Å². The van der Waals surface area contributed by atoms with E-state index in [4.69, 9.17) is 26.6 Å². The molecule has 0 aliphatic rings. The first-order valence-electron chi connectivity index (χ1n) is 13.8. The Bertz CT molecular complexity index is 377. The zero-order valence-corrected chi connectivity index (χ0v) is 26.2. The molecule has 0 bridgehead atoms. The van der Waals surface area contributed by atoms with Gasteiger partial charge in [0.15, 0.2) is 0 Å². The molecule has 0 heterocycles. The van der Waals surface area contributed by atoms with Gasteiger partial charge in [0.25, 0.3) is 0 Å². The quantitative estimate of drug-likeness (QED) is 0.0941. The summed E-state index contributed by atoms with van der Waals surface area (Å²) in [5.41, 5.74) is 0. The Balaban J connectivity index is 0. The average Bonchev–Trinajstić information content (AvgIpc) is 2.88. The monoisotopic (exact) mass is 524 g/mol. The third-order valence-electron chi connectivity index (χ3n) is 6.54. The Kier molecular flexibility index (Phi) is 28.1. The Morgan fingerprint density at radius 1 is 0.324 bits per heavy atom. The Hall–Kier alpha value is 0.194. The van der Waals surface area contributed by atoms with Crippen molar-refractivity contribution < 1.29 is 26.6 Å². The lowest BCUT2D eigenvalue weighted by Crippen LogP contribution is -2.42. The van der Waals surface area contributed by atoms with Crippen LogP contribution in [0.15, 0.2) is 0 Å². The molecule has 0 aliphatic carbocycles. The summed E-state index contributed by atoms with van der Waals surface area (Å²) in [7, 11) is 5.51. The maximum atomic E-state index is 5.41. The van der Waals surface area contributed by atoms with Gasteiger partial charge in [-0.1, -0.05) is 104 Å². The molecule has 0 spiro atoms. The lowest BCUT2D eigenvalue weighted by molar-refractivity contribution is 0.122. The first-order valence-corrected chi connectivity index (χ1v) is 17.7. The van der Waals surface area contributed by atoms with E-state index in [0.29, 0.717) is 0 Å². The highest BCUT2D eigenvalue weighted by atomic mass is 28.4. The van der Waals surface area contributed by atoms with E-state index in [-0.39, 0.29) is 0 Å². The van der Waals surface area contributed by atoms with Crippen LogP contribution < -0.4 is 0 Å². The summed E-state index contributed by atoms with van der Waals surface area (Å²) >= 11 is 0. The first-order chi connectivity index (χ1) is 16.5. The van der Waals surface area contributed by atoms with Crippen molar-refractivity contribution in [2.45, 2.75) is 129 Å². The molecule has 0 fully saturated rings. The molecular weight excluding hydrogens is 464 g/mol. The summed E-state index contributed by atoms with van der Waals surface area (Å²) < 4.78 is 32.3. The van der Waals surface area contributed by atoms with Crippen molar-refractivity contribution >= 4 is 17.6 Å². The van der Waals surface area contributed by atoms with E-state index in [2.05, 4.69) is 13.8 Å². The van der Waals surface area contributed by atoms with Crippen LogP contribution in [0.2, 0.25) is 12.1 Å². The van der Waals surface area contributed by atoms with E-state index in [1.54, 1.807) is 42.7 Å². The maximum Gasteiger partial charge on any atom is 0.500 e. The molecule has 0 saturated heterocycles. The van der Waals surface area contributed by atoms with Crippen molar-refractivity contribution in [1.82, 2.24) is 0 Å². The fraction of sp³-hybridized carbons (Fsp3) is 1.00. The lowest BCUT2D eigenvalue weighted by atomic mass is 10.1. The van der Waals surface area contributed by atoms with Gasteiger partial charge in [-0.05, 0) is 12.8 Å². The number of rotatable bonds is 24. The predicted molar refractivity (Wildman–Crippen MR) is 148 cm³/mol.